The van der Waals surface area contributed by atoms with Gasteiger partial charge in [0.25, 0.3) is 0 Å². The highest BCUT2D eigenvalue weighted by Crippen LogP contribution is 2.33. The summed E-state index contributed by atoms with van der Waals surface area (Å²) in [5.41, 5.74) is 1.32. The first-order chi connectivity index (χ1) is 6.33. The summed E-state index contributed by atoms with van der Waals surface area (Å²) in [6, 6.07) is 1.35. The predicted molar refractivity (Wildman–Crippen MR) is 52.8 cm³/mol. The summed E-state index contributed by atoms with van der Waals surface area (Å²) in [7, 11) is 3.79. The van der Waals surface area contributed by atoms with Crippen molar-refractivity contribution in [3.8, 4) is 0 Å². The minimum atomic E-state index is 0.581. The lowest BCUT2D eigenvalue weighted by atomic mass is 10.0. The molecule has 2 heterocycles. The van der Waals surface area contributed by atoms with Crippen LogP contribution in [0.15, 0.2) is 16.8 Å². The topological polar surface area (TPSA) is 24.8 Å². The summed E-state index contributed by atoms with van der Waals surface area (Å²) in [5, 5.41) is 3.83. The lowest BCUT2D eigenvalue weighted by Crippen LogP contribution is -2.36. The van der Waals surface area contributed by atoms with Crippen molar-refractivity contribution in [3.63, 3.8) is 0 Å². The maximum absolute atomic E-state index is 4.70. The van der Waals surface area contributed by atoms with Gasteiger partial charge in [-0.05, 0) is 31.9 Å². The zero-order valence-corrected chi connectivity index (χ0v) is 8.23. The third-order valence-electron chi connectivity index (χ3n) is 3.16. The molecule has 13 heavy (non-hydrogen) atoms. The standard InChI is InChI=1S/C10H16N2O/c1-12-9-4-3-8(7-11-13-2)10(12)6-5-9/h3,7,9-10H,4-6H2,1-2H3/b11-7+. The van der Waals surface area contributed by atoms with Crippen molar-refractivity contribution in [1.29, 1.82) is 0 Å². The Bertz CT molecular complexity index is 247. The molecule has 3 nitrogen and oxygen atoms in total. The highest BCUT2D eigenvalue weighted by atomic mass is 16.6. The SMILES string of the molecule is CO/N=C/C1=CCC2CCC1N2C. The lowest BCUT2D eigenvalue weighted by Gasteiger charge is -2.29. The van der Waals surface area contributed by atoms with Crippen molar-refractivity contribution in [2.24, 2.45) is 5.16 Å². The predicted octanol–water partition coefficient (Wildman–Crippen LogP) is 1.41. The molecule has 2 bridgehead atoms. The van der Waals surface area contributed by atoms with Crippen molar-refractivity contribution in [2.45, 2.75) is 31.3 Å². The number of likely N-dealkylation sites (N-methyl/N-ethyl adjacent to an activating group) is 1. The first-order valence-corrected chi connectivity index (χ1v) is 4.81. The maximum Gasteiger partial charge on any atom is 0.106 e. The van der Waals surface area contributed by atoms with E-state index in [9.17, 15) is 0 Å². The molecule has 0 N–H and O–H groups in total. The molecule has 0 spiro atoms. The summed E-state index contributed by atoms with van der Waals surface area (Å²) in [6.07, 6.45) is 7.90. The van der Waals surface area contributed by atoms with Crippen LogP contribution < -0.4 is 0 Å². The fourth-order valence-electron chi connectivity index (χ4n) is 2.36. The van der Waals surface area contributed by atoms with E-state index in [0.29, 0.717) is 6.04 Å². The van der Waals surface area contributed by atoms with E-state index in [-0.39, 0.29) is 0 Å². The van der Waals surface area contributed by atoms with Gasteiger partial charge in [-0.15, -0.1) is 0 Å². The van der Waals surface area contributed by atoms with Gasteiger partial charge < -0.3 is 4.84 Å². The second-order valence-electron chi connectivity index (χ2n) is 3.77. The zero-order valence-electron chi connectivity index (χ0n) is 8.23. The molecule has 0 aromatic rings. The van der Waals surface area contributed by atoms with Crippen molar-refractivity contribution in [3.05, 3.63) is 11.6 Å². The minimum absolute atomic E-state index is 0.581. The van der Waals surface area contributed by atoms with Crippen LogP contribution in [0.2, 0.25) is 0 Å². The molecule has 3 heteroatoms. The Morgan fingerprint density at radius 2 is 2.46 bits per heavy atom. The number of nitrogens with zero attached hydrogens (tertiary/aromatic N) is 2. The van der Waals surface area contributed by atoms with Crippen LogP contribution in [0, 0.1) is 0 Å². The van der Waals surface area contributed by atoms with Gasteiger partial charge in [0.05, 0.1) is 6.21 Å². The van der Waals surface area contributed by atoms with E-state index in [1.165, 1.54) is 18.4 Å². The molecule has 2 unspecified atom stereocenters. The van der Waals surface area contributed by atoms with E-state index in [4.69, 9.17) is 4.84 Å². The van der Waals surface area contributed by atoms with E-state index in [1.54, 1.807) is 7.11 Å². The first-order valence-electron chi connectivity index (χ1n) is 4.81. The van der Waals surface area contributed by atoms with E-state index >= 15 is 0 Å². The molecule has 0 aromatic carbocycles. The number of fused-ring (bicyclic) bond motifs is 2. The Labute approximate surface area is 79.0 Å². The Kier molecular flexibility index (Phi) is 2.36. The number of oxime groups is 1. The van der Waals surface area contributed by atoms with E-state index < -0.39 is 0 Å². The highest BCUT2D eigenvalue weighted by molar-refractivity contribution is 5.80. The van der Waals surface area contributed by atoms with Gasteiger partial charge in [0.2, 0.25) is 0 Å². The number of rotatable bonds is 2. The van der Waals surface area contributed by atoms with Crippen LogP contribution in [0.25, 0.3) is 0 Å². The van der Waals surface area contributed by atoms with Crippen LogP contribution in [-0.2, 0) is 4.84 Å². The van der Waals surface area contributed by atoms with Crippen molar-refractivity contribution in [1.82, 2.24) is 4.90 Å². The summed E-state index contributed by atoms with van der Waals surface area (Å²) < 4.78 is 0. The van der Waals surface area contributed by atoms with E-state index in [2.05, 4.69) is 23.2 Å². The van der Waals surface area contributed by atoms with Gasteiger partial charge in [-0.2, -0.15) is 0 Å². The summed E-state index contributed by atoms with van der Waals surface area (Å²) in [4.78, 5) is 7.15. The summed E-state index contributed by atoms with van der Waals surface area (Å²) >= 11 is 0. The second kappa shape index (κ2) is 3.50. The fraction of sp³-hybridized carbons (Fsp3) is 0.700. The third-order valence-corrected chi connectivity index (χ3v) is 3.16. The van der Waals surface area contributed by atoms with E-state index in [1.807, 2.05) is 6.21 Å². The van der Waals surface area contributed by atoms with Crippen LogP contribution in [0.3, 0.4) is 0 Å². The highest BCUT2D eigenvalue weighted by Gasteiger charge is 2.34. The lowest BCUT2D eigenvalue weighted by molar-refractivity contribution is 0.213. The van der Waals surface area contributed by atoms with Gasteiger partial charge in [-0.1, -0.05) is 11.2 Å². The smallest absolute Gasteiger partial charge is 0.106 e. The molecule has 0 aliphatic carbocycles. The van der Waals surface area contributed by atoms with Gasteiger partial charge in [-0.25, -0.2) is 0 Å². The average Bonchev–Trinajstić information content (AvgIpc) is 2.38. The van der Waals surface area contributed by atoms with Gasteiger partial charge in [0, 0.05) is 12.1 Å². The molecule has 72 valence electrons. The van der Waals surface area contributed by atoms with Gasteiger partial charge in [0.15, 0.2) is 0 Å². The Morgan fingerprint density at radius 1 is 1.62 bits per heavy atom. The van der Waals surface area contributed by atoms with Crippen molar-refractivity contribution >= 4 is 6.21 Å². The Hall–Kier alpha value is -0.830. The molecule has 2 aliphatic heterocycles. The third kappa shape index (κ3) is 1.48. The normalized spacial score (nSPS) is 33.8. The fourth-order valence-corrected chi connectivity index (χ4v) is 2.36. The molecule has 1 fully saturated rings. The van der Waals surface area contributed by atoms with Gasteiger partial charge in [0.1, 0.15) is 7.11 Å². The van der Waals surface area contributed by atoms with Crippen LogP contribution >= 0.6 is 0 Å². The van der Waals surface area contributed by atoms with Crippen LogP contribution in [-0.4, -0.2) is 37.4 Å². The molecule has 2 rings (SSSR count). The first kappa shape index (κ1) is 8.75. The summed E-state index contributed by atoms with van der Waals surface area (Å²) in [5.74, 6) is 0. The number of hydrogen-bond donors (Lipinski definition) is 0. The van der Waals surface area contributed by atoms with Gasteiger partial charge in [-0.3, -0.25) is 4.90 Å². The Morgan fingerprint density at radius 3 is 3.23 bits per heavy atom. The quantitative estimate of drug-likeness (QED) is 0.474. The molecule has 0 radical (unpaired) electrons. The monoisotopic (exact) mass is 180 g/mol. The van der Waals surface area contributed by atoms with Crippen LogP contribution in [0.1, 0.15) is 19.3 Å². The zero-order chi connectivity index (χ0) is 9.26. The molecule has 1 saturated heterocycles. The number of hydrogen-bond acceptors (Lipinski definition) is 3. The van der Waals surface area contributed by atoms with Crippen LogP contribution in [0.5, 0.6) is 0 Å². The largest absolute Gasteiger partial charge is 0.399 e. The Balaban J connectivity index is 2.12. The maximum atomic E-state index is 4.70. The van der Waals surface area contributed by atoms with Crippen molar-refractivity contribution < 1.29 is 4.84 Å². The van der Waals surface area contributed by atoms with Crippen LogP contribution in [0.4, 0.5) is 0 Å². The second-order valence-corrected chi connectivity index (χ2v) is 3.77. The van der Waals surface area contributed by atoms with Crippen molar-refractivity contribution in [2.75, 3.05) is 14.2 Å². The summed E-state index contributed by atoms with van der Waals surface area (Å²) in [6.45, 7) is 0. The molecular weight excluding hydrogens is 164 g/mol. The molecule has 0 saturated carbocycles. The molecule has 2 aliphatic rings. The molecule has 0 aromatic heterocycles. The molecular formula is C10H16N2O. The molecule has 0 amide bonds. The minimum Gasteiger partial charge on any atom is -0.399 e. The van der Waals surface area contributed by atoms with E-state index in [0.717, 1.165) is 12.5 Å². The van der Waals surface area contributed by atoms with Gasteiger partial charge >= 0.3 is 0 Å². The average molecular weight is 180 g/mol. The molecule has 2 atom stereocenters.